The molecule has 0 aromatic rings. The smallest absolute Gasteiger partial charge is 0.328 e. The largest absolute Gasteiger partial charge is 0.469 e. The van der Waals surface area contributed by atoms with Crippen molar-refractivity contribution in [2.24, 2.45) is 0 Å². The monoisotopic (exact) mass is 285 g/mol. The molecule has 0 aliphatic rings. The van der Waals surface area contributed by atoms with Crippen LogP contribution in [0.2, 0.25) is 0 Å². The first-order valence-electron chi connectivity index (χ1n) is 6.60. The summed E-state index contributed by atoms with van der Waals surface area (Å²) in [7, 11) is 2.51. The van der Waals surface area contributed by atoms with Crippen LogP contribution in [0.4, 0.5) is 0 Å². The van der Waals surface area contributed by atoms with Crippen LogP contribution in [0.15, 0.2) is 12.7 Å². The summed E-state index contributed by atoms with van der Waals surface area (Å²) in [6, 6.07) is -0.814. The number of methoxy groups -OCH3 is 2. The van der Waals surface area contributed by atoms with Gasteiger partial charge in [-0.2, -0.15) is 0 Å². The highest BCUT2D eigenvalue weighted by atomic mass is 16.5. The van der Waals surface area contributed by atoms with Crippen molar-refractivity contribution in [2.45, 2.75) is 44.6 Å². The molecule has 0 radical (unpaired) electrons. The normalized spacial score (nSPS) is 11.3. The lowest BCUT2D eigenvalue weighted by atomic mass is 10.1. The number of nitrogens with one attached hydrogen (secondary N) is 1. The molecule has 1 N–H and O–H groups in total. The molecule has 0 aromatic heterocycles. The first-order chi connectivity index (χ1) is 9.54. The Morgan fingerprint density at radius 1 is 1.15 bits per heavy atom. The molecule has 6 heteroatoms. The van der Waals surface area contributed by atoms with Crippen LogP contribution in [0.25, 0.3) is 0 Å². The van der Waals surface area contributed by atoms with Crippen molar-refractivity contribution in [1.29, 1.82) is 0 Å². The third-order valence-electron chi connectivity index (χ3n) is 2.75. The van der Waals surface area contributed by atoms with E-state index in [2.05, 4.69) is 21.4 Å². The summed E-state index contributed by atoms with van der Waals surface area (Å²) in [5, 5.41) is 2.58. The van der Waals surface area contributed by atoms with Gasteiger partial charge < -0.3 is 14.8 Å². The van der Waals surface area contributed by atoms with Gasteiger partial charge in [0, 0.05) is 12.8 Å². The van der Waals surface area contributed by atoms with Gasteiger partial charge in [0.1, 0.15) is 6.04 Å². The molecule has 1 atom stereocenters. The average Bonchev–Trinajstić information content (AvgIpc) is 2.46. The molecule has 0 rings (SSSR count). The molecule has 0 heterocycles. The fourth-order valence-electron chi connectivity index (χ4n) is 1.60. The summed E-state index contributed by atoms with van der Waals surface area (Å²) in [5.41, 5.74) is 0. The van der Waals surface area contributed by atoms with Crippen molar-refractivity contribution >= 4 is 17.8 Å². The summed E-state index contributed by atoms with van der Waals surface area (Å²) >= 11 is 0. The van der Waals surface area contributed by atoms with Crippen LogP contribution >= 0.6 is 0 Å². The number of esters is 2. The molecule has 0 spiro atoms. The van der Waals surface area contributed by atoms with E-state index in [1.165, 1.54) is 14.2 Å². The maximum atomic E-state index is 11.7. The van der Waals surface area contributed by atoms with E-state index in [-0.39, 0.29) is 18.7 Å². The van der Waals surface area contributed by atoms with Crippen molar-refractivity contribution in [3.63, 3.8) is 0 Å². The summed E-state index contributed by atoms with van der Waals surface area (Å²) in [6.07, 6.45) is 4.80. The van der Waals surface area contributed by atoms with Gasteiger partial charge in [0.15, 0.2) is 0 Å². The van der Waals surface area contributed by atoms with Crippen LogP contribution in [0.3, 0.4) is 0 Å². The van der Waals surface area contributed by atoms with Gasteiger partial charge in [-0.15, -0.1) is 6.58 Å². The van der Waals surface area contributed by atoms with Gasteiger partial charge in [0.25, 0.3) is 0 Å². The third kappa shape index (κ3) is 8.29. The van der Waals surface area contributed by atoms with Gasteiger partial charge >= 0.3 is 11.9 Å². The number of unbranched alkanes of at least 4 members (excludes halogenated alkanes) is 2. The quantitative estimate of drug-likeness (QED) is 0.372. The first-order valence-corrected chi connectivity index (χ1v) is 6.60. The van der Waals surface area contributed by atoms with Gasteiger partial charge in [-0.1, -0.05) is 6.08 Å². The number of carbonyl (C=O) groups is 3. The predicted molar refractivity (Wildman–Crippen MR) is 73.9 cm³/mol. The van der Waals surface area contributed by atoms with Crippen LogP contribution in [-0.2, 0) is 23.9 Å². The fraction of sp³-hybridized carbons (Fsp3) is 0.643. The first kappa shape index (κ1) is 18.1. The molecule has 20 heavy (non-hydrogen) atoms. The lowest BCUT2D eigenvalue weighted by Gasteiger charge is -2.15. The third-order valence-corrected chi connectivity index (χ3v) is 2.75. The van der Waals surface area contributed by atoms with E-state index in [1.807, 2.05) is 0 Å². The number of amides is 1. The minimum Gasteiger partial charge on any atom is -0.469 e. The van der Waals surface area contributed by atoms with E-state index in [0.29, 0.717) is 6.42 Å². The Morgan fingerprint density at radius 3 is 2.40 bits per heavy atom. The van der Waals surface area contributed by atoms with Gasteiger partial charge in [-0.25, -0.2) is 4.79 Å². The SMILES string of the molecule is C=CCCCCC(=O)N[C@H](CCC(=O)OC)C(=O)OC. The highest BCUT2D eigenvalue weighted by Crippen LogP contribution is 2.04. The molecule has 0 unspecified atom stereocenters. The molecule has 1 amide bonds. The Hall–Kier alpha value is -1.85. The lowest BCUT2D eigenvalue weighted by molar-refractivity contribution is -0.146. The Labute approximate surface area is 119 Å². The number of hydrogen-bond donors (Lipinski definition) is 1. The van der Waals surface area contributed by atoms with Crippen molar-refractivity contribution in [3.05, 3.63) is 12.7 Å². The Bertz CT molecular complexity index is 340. The zero-order valence-electron chi connectivity index (χ0n) is 12.1. The standard InChI is InChI=1S/C14H23NO5/c1-4-5-6-7-8-12(16)15-11(14(18)20-3)9-10-13(17)19-2/h4,11H,1,5-10H2,2-3H3,(H,15,16)/t11-/m1/s1. The Balaban J connectivity index is 4.20. The second kappa shape index (κ2) is 11.0. The molecule has 0 saturated carbocycles. The predicted octanol–water partition coefficient (Wildman–Crippen LogP) is 1.34. The van der Waals surface area contributed by atoms with Crippen LogP contribution in [0.5, 0.6) is 0 Å². The van der Waals surface area contributed by atoms with Crippen molar-refractivity contribution in [1.82, 2.24) is 5.32 Å². The number of hydrogen-bond acceptors (Lipinski definition) is 5. The molecular formula is C14H23NO5. The van der Waals surface area contributed by atoms with Gasteiger partial charge in [-0.05, 0) is 25.7 Å². The van der Waals surface area contributed by atoms with Crippen molar-refractivity contribution < 1.29 is 23.9 Å². The van der Waals surface area contributed by atoms with Crippen molar-refractivity contribution in [3.8, 4) is 0 Å². The van der Waals surface area contributed by atoms with Gasteiger partial charge in [0.05, 0.1) is 14.2 Å². The van der Waals surface area contributed by atoms with Crippen LogP contribution in [0.1, 0.15) is 38.5 Å². The molecule has 6 nitrogen and oxygen atoms in total. The Kier molecular flexibility index (Phi) is 10.00. The topological polar surface area (TPSA) is 81.7 Å². The number of rotatable bonds is 10. The van der Waals surface area contributed by atoms with Crippen LogP contribution < -0.4 is 5.32 Å². The Morgan fingerprint density at radius 2 is 1.85 bits per heavy atom. The fourth-order valence-corrected chi connectivity index (χ4v) is 1.60. The molecule has 0 aromatic carbocycles. The highest BCUT2D eigenvalue weighted by molar-refractivity contribution is 5.84. The average molecular weight is 285 g/mol. The second-order valence-electron chi connectivity index (χ2n) is 4.29. The lowest BCUT2D eigenvalue weighted by Crippen LogP contribution is -2.41. The molecule has 0 fully saturated rings. The number of carbonyl (C=O) groups excluding carboxylic acids is 3. The van der Waals surface area contributed by atoms with Crippen LogP contribution in [0, 0.1) is 0 Å². The van der Waals surface area contributed by atoms with Crippen LogP contribution in [-0.4, -0.2) is 38.1 Å². The maximum Gasteiger partial charge on any atom is 0.328 e. The molecule has 0 bridgehead atoms. The summed E-state index contributed by atoms with van der Waals surface area (Å²) < 4.78 is 9.10. The van der Waals surface area contributed by atoms with E-state index in [1.54, 1.807) is 6.08 Å². The zero-order valence-corrected chi connectivity index (χ0v) is 12.1. The van der Waals surface area contributed by atoms with Gasteiger partial charge in [-0.3, -0.25) is 9.59 Å². The van der Waals surface area contributed by atoms with E-state index in [9.17, 15) is 14.4 Å². The molecule has 114 valence electrons. The molecule has 0 aliphatic carbocycles. The molecule has 0 saturated heterocycles. The summed E-state index contributed by atoms with van der Waals surface area (Å²) in [4.78, 5) is 34.3. The zero-order chi connectivity index (χ0) is 15.4. The maximum absolute atomic E-state index is 11.7. The summed E-state index contributed by atoms with van der Waals surface area (Å²) in [5.74, 6) is -1.22. The molecular weight excluding hydrogens is 262 g/mol. The highest BCUT2D eigenvalue weighted by Gasteiger charge is 2.22. The number of allylic oxidation sites excluding steroid dienone is 1. The molecule has 0 aliphatic heterocycles. The minimum absolute atomic E-state index is 0.0486. The minimum atomic E-state index is -0.814. The second-order valence-corrected chi connectivity index (χ2v) is 4.29. The number of ether oxygens (including phenoxy) is 2. The van der Waals surface area contributed by atoms with E-state index >= 15 is 0 Å². The van der Waals surface area contributed by atoms with E-state index < -0.39 is 18.0 Å². The van der Waals surface area contributed by atoms with E-state index in [0.717, 1.165) is 19.3 Å². The van der Waals surface area contributed by atoms with E-state index in [4.69, 9.17) is 0 Å². The summed E-state index contributed by atoms with van der Waals surface area (Å²) in [6.45, 7) is 3.60. The van der Waals surface area contributed by atoms with Gasteiger partial charge in [0.2, 0.25) is 5.91 Å². The van der Waals surface area contributed by atoms with Crippen molar-refractivity contribution in [2.75, 3.05) is 14.2 Å².